The highest BCUT2D eigenvalue weighted by molar-refractivity contribution is 7.94. The summed E-state index contributed by atoms with van der Waals surface area (Å²) in [6.45, 7) is 1.75. The molecular weight excluding hydrogens is 454 g/mol. The van der Waals surface area contributed by atoms with Gasteiger partial charge in [0.2, 0.25) is 12.7 Å². The normalized spacial score (nSPS) is 12.3. The number of amides is 2. The number of carbonyl (C=O) groups excluding carboxylic acids is 2. The number of anilines is 2. The molecule has 11 heteroatoms. The van der Waals surface area contributed by atoms with Crippen LogP contribution in [0.5, 0.6) is 11.5 Å². The fourth-order valence-corrected chi connectivity index (χ4v) is 5.32. The van der Waals surface area contributed by atoms with Gasteiger partial charge in [0.05, 0.1) is 17.8 Å². The molecule has 0 atom stereocenters. The highest BCUT2D eigenvalue weighted by Crippen LogP contribution is 2.34. The Morgan fingerprint density at radius 1 is 1.03 bits per heavy atom. The molecule has 32 heavy (non-hydrogen) atoms. The molecule has 1 aliphatic heterocycles. The lowest BCUT2D eigenvalue weighted by molar-refractivity contribution is -0.119. The van der Waals surface area contributed by atoms with Gasteiger partial charge in [0.15, 0.2) is 11.5 Å². The lowest BCUT2D eigenvalue weighted by Crippen LogP contribution is -2.18. The average Bonchev–Trinajstić information content (AvgIpc) is 3.42. The van der Waals surface area contributed by atoms with Gasteiger partial charge < -0.3 is 20.1 Å². The minimum atomic E-state index is -3.93. The quantitative estimate of drug-likeness (QED) is 0.484. The van der Waals surface area contributed by atoms with E-state index in [-0.39, 0.29) is 34.7 Å². The van der Waals surface area contributed by atoms with Crippen LogP contribution in [-0.2, 0) is 21.4 Å². The van der Waals surface area contributed by atoms with Crippen molar-refractivity contribution in [3.05, 3.63) is 65.0 Å². The lowest BCUT2D eigenvalue weighted by Gasteiger charge is -2.12. The third-order valence-corrected chi connectivity index (χ3v) is 7.40. The van der Waals surface area contributed by atoms with Crippen LogP contribution in [-0.4, -0.2) is 27.0 Å². The first kappa shape index (κ1) is 21.7. The maximum absolute atomic E-state index is 12.9. The summed E-state index contributed by atoms with van der Waals surface area (Å²) in [5.41, 5.74) is 0.782. The van der Waals surface area contributed by atoms with Crippen molar-refractivity contribution in [1.82, 2.24) is 5.32 Å². The molecule has 166 valence electrons. The predicted molar refractivity (Wildman–Crippen MR) is 120 cm³/mol. The van der Waals surface area contributed by atoms with Crippen LogP contribution in [0.4, 0.5) is 11.4 Å². The molecule has 0 radical (unpaired) electrons. The molecule has 0 bridgehead atoms. The van der Waals surface area contributed by atoms with Crippen LogP contribution in [0.2, 0.25) is 0 Å². The molecule has 4 rings (SSSR count). The number of hydrogen-bond donors (Lipinski definition) is 3. The van der Waals surface area contributed by atoms with Gasteiger partial charge in [-0.05, 0) is 36.4 Å². The number of fused-ring (bicyclic) bond motifs is 1. The number of carbonyl (C=O) groups is 2. The summed E-state index contributed by atoms with van der Waals surface area (Å²) >= 11 is 1.04. The third-order valence-electron chi connectivity index (χ3n) is 4.46. The summed E-state index contributed by atoms with van der Waals surface area (Å²) in [4.78, 5) is 24.6. The maximum Gasteiger partial charge on any atom is 0.271 e. The molecule has 0 saturated heterocycles. The second-order valence-electron chi connectivity index (χ2n) is 6.80. The summed E-state index contributed by atoms with van der Waals surface area (Å²) in [5, 5.41) is 5.36. The average molecular weight is 474 g/mol. The Morgan fingerprint density at radius 3 is 2.62 bits per heavy atom. The van der Waals surface area contributed by atoms with E-state index in [1.54, 1.807) is 36.4 Å². The molecule has 0 spiro atoms. The van der Waals surface area contributed by atoms with E-state index in [9.17, 15) is 18.0 Å². The van der Waals surface area contributed by atoms with Gasteiger partial charge in [0.25, 0.3) is 15.9 Å². The van der Waals surface area contributed by atoms with Crippen molar-refractivity contribution in [3.8, 4) is 11.5 Å². The summed E-state index contributed by atoms with van der Waals surface area (Å²) in [5.74, 6) is 0.414. The molecule has 2 aromatic carbocycles. The highest BCUT2D eigenvalue weighted by Gasteiger charge is 2.21. The Morgan fingerprint density at radius 2 is 1.81 bits per heavy atom. The number of benzene rings is 2. The van der Waals surface area contributed by atoms with Crippen LogP contribution in [0.1, 0.15) is 22.2 Å². The van der Waals surface area contributed by atoms with Gasteiger partial charge in [-0.3, -0.25) is 14.3 Å². The largest absolute Gasteiger partial charge is 0.454 e. The molecule has 9 nitrogen and oxygen atoms in total. The molecule has 1 aromatic heterocycles. The van der Waals surface area contributed by atoms with Crippen LogP contribution in [0.3, 0.4) is 0 Å². The van der Waals surface area contributed by atoms with E-state index in [0.29, 0.717) is 22.1 Å². The summed E-state index contributed by atoms with van der Waals surface area (Å²) in [6, 6.07) is 14.4. The van der Waals surface area contributed by atoms with Gasteiger partial charge in [-0.2, -0.15) is 0 Å². The molecular formula is C21H19N3O6S2. The zero-order valence-electron chi connectivity index (χ0n) is 16.9. The van der Waals surface area contributed by atoms with Gasteiger partial charge >= 0.3 is 0 Å². The maximum atomic E-state index is 12.9. The zero-order chi connectivity index (χ0) is 22.7. The van der Waals surface area contributed by atoms with E-state index < -0.39 is 15.9 Å². The summed E-state index contributed by atoms with van der Waals surface area (Å²) in [6.07, 6.45) is 0. The van der Waals surface area contributed by atoms with Crippen molar-refractivity contribution in [1.29, 1.82) is 0 Å². The minimum absolute atomic E-state index is 0.0730. The van der Waals surface area contributed by atoms with Crippen LogP contribution in [0.25, 0.3) is 0 Å². The molecule has 0 aliphatic carbocycles. The van der Waals surface area contributed by atoms with Crippen molar-refractivity contribution in [3.63, 3.8) is 0 Å². The Labute approximate surface area is 188 Å². The molecule has 3 aromatic rings. The second kappa shape index (κ2) is 8.89. The second-order valence-corrected chi connectivity index (χ2v) is 9.88. The van der Waals surface area contributed by atoms with Gasteiger partial charge in [-0.25, -0.2) is 8.42 Å². The number of sulfonamides is 1. The molecule has 2 heterocycles. The van der Waals surface area contributed by atoms with E-state index in [1.807, 2.05) is 0 Å². The fourth-order valence-electron chi connectivity index (χ4n) is 2.95. The first-order valence-corrected chi connectivity index (χ1v) is 11.8. The fraction of sp³-hybridized carbons (Fsp3) is 0.143. The monoisotopic (exact) mass is 473 g/mol. The van der Waals surface area contributed by atoms with Crippen molar-refractivity contribution in [2.24, 2.45) is 0 Å². The lowest BCUT2D eigenvalue weighted by atomic mass is 10.1. The Balaban J connectivity index is 1.51. The summed E-state index contributed by atoms with van der Waals surface area (Å²) < 4.78 is 38.8. The Kier molecular flexibility index (Phi) is 6.01. The number of rotatable bonds is 7. The van der Waals surface area contributed by atoms with Gasteiger partial charge in [-0.15, -0.1) is 11.3 Å². The Bertz CT molecular complexity index is 1290. The molecule has 2 amide bonds. The minimum Gasteiger partial charge on any atom is -0.454 e. The Hall–Kier alpha value is -3.57. The number of para-hydroxylation sites is 1. The number of hydrogen-bond acceptors (Lipinski definition) is 7. The topological polar surface area (TPSA) is 123 Å². The van der Waals surface area contributed by atoms with Gasteiger partial charge in [0.1, 0.15) is 4.21 Å². The van der Waals surface area contributed by atoms with Crippen LogP contribution < -0.4 is 24.8 Å². The third kappa shape index (κ3) is 4.84. The van der Waals surface area contributed by atoms with E-state index in [4.69, 9.17) is 9.47 Å². The standard InChI is InChI=1S/C21H19N3O6S2/c1-13(25)22-11-15-7-9-20(31-15)32(27,28)24-17-5-3-2-4-16(17)21(26)23-14-6-8-18-19(10-14)30-12-29-18/h2-10,24H,11-12H2,1H3,(H,22,25)(H,23,26). The number of ether oxygens (including phenoxy) is 2. The van der Waals surface area contributed by atoms with E-state index in [1.165, 1.54) is 25.1 Å². The smallest absolute Gasteiger partial charge is 0.271 e. The first-order chi connectivity index (χ1) is 15.3. The molecule has 0 saturated carbocycles. The van der Waals surface area contributed by atoms with Crippen molar-refractivity contribution in [2.75, 3.05) is 16.8 Å². The number of nitrogens with one attached hydrogen (secondary N) is 3. The molecule has 1 aliphatic rings. The highest BCUT2D eigenvalue weighted by atomic mass is 32.2. The number of thiophene rings is 1. The van der Waals surface area contributed by atoms with E-state index in [0.717, 1.165) is 11.3 Å². The molecule has 0 fully saturated rings. The molecule has 3 N–H and O–H groups in total. The van der Waals surface area contributed by atoms with Crippen LogP contribution in [0, 0.1) is 0 Å². The SMILES string of the molecule is CC(=O)NCc1ccc(S(=O)(=O)Nc2ccccc2C(=O)Nc2ccc3c(c2)OCO3)s1. The summed E-state index contributed by atoms with van der Waals surface area (Å²) in [7, 11) is -3.93. The predicted octanol–water partition coefficient (Wildman–Crippen LogP) is 3.17. The van der Waals surface area contributed by atoms with E-state index >= 15 is 0 Å². The van der Waals surface area contributed by atoms with Gasteiger partial charge in [-0.1, -0.05) is 12.1 Å². The molecule has 0 unspecified atom stereocenters. The van der Waals surface area contributed by atoms with Gasteiger partial charge in [0, 0.05) is 23.6 Å². The zero-order valence-corrected chi connectivity index (χ0v) is 18.5. The van der Waals surface area contributed by atoms with Crippen LogP contribution in [0.15, 0.2) is 58.8 Å². The van der Waals surface area contributed by atoms with Crippen LogP contribution >= 0.6 is 11.3 Å². The van der Waals surface area contributed by atoms with E-state index in [2.05, 4.69) is 15.4 Å². The first-order valence-electron chi connectivity index (χ1n) is 9.48. The van der Waals surface area contributed by atoms with Crippen molar-refractivity contribution in [2.45, 2.75) is 17.7 Å². The van der Waals surface area contributed by atoms with Crippen molar-refractivity contribution >= 4 is 44.5 Å². The van der Waals surface area contributed by atoms with Crippen molar-refractivity contribution < 1.29 is 27.5 Å².